The van der Waals surface area contributed by atoms with Crippen LogP contribution in [0, 0.1) is 0 Å². The summed E-state index contributed by atoms with van der Waals surface area (Å²) in [6.07, 6.45) is -13.9. The van der Waals surface area contributed by atoms with Crippen molar-refractivity contribution in [2.45, 2.75) is 166 Å². The van der Waals surface area contributed by atoms with E-state index in [0.717, 1.165) is 68.1 Å². The second-order valence-electron chi connectivity index (χ2n) is 24.8. The molecule has 31 heteroatoms. The number of hydrogen-bond donors (Lipinski definition) is 17. The predicted molar refractivity (Wildman–Crippen MR) is 356 cm³/mol. The standard InChI is InChI=1S/C65H108N14O17/c1-6-44-65(96)79(37-43-34-42(18-19-45(43)69-44)64(95)74(5)38-54-70-46-16-12-13-17-47(46)71-54)25-15-11-10-14-24-66-62(93)48(20-22-55(86)67-35-50(82)58(89)60(91)52(84)40-80)73-63(94)49(21-23-56(87)68-36-51(83)59(90)61(92)53(85)41-81)72-57(88)39-78-32-30-76(8-3)28-26-75(7-2)27-29-77(9-4)31-33-78/h12-13,16-19,34,44,48-53,58-61,69,80-85,89-92H,6-11,14-15,20-33,35-41H2,1-5H3,(H,66,93)(H,67,86)(H,68,87)(H,70,71)(H,72,88)(H,73,94)/t44-,48-,49-,50?,51+,52?,53?,58-,59+,60-,61+/m0/s1. The molecule has 2 aliphatic heterocycles. The van der Waals surface area contributed by atoms with Crippen molar-refractivity contribution in [3.05, 3.63) is 59.4 Å². The van der Waals surface area contributed by atoms with Crippen LogP contribution in [0.3, 0.4) is 0 Å². The zero-order valence-corrected chi connectivity index (χ0v) is 56.4. The third-order valence-electron chi connectivity index (χ3n) is 17.8. The highest BCUT2D eigenvalue weighted by atomic mass is 16.4. The molecule has 31 nitrogen and oxygen atoms in total. The number of amides is 7. The summed E-state index contributed by atoms with van der Waals surface area (Å²) in [4.78, 5) is 117. The summed E-state index contributed by atoms with van der Waals surface area (Å²) in [5, 5.41) is 116. The van der Waals surface area contributed by atoms with Gasteiger partial charge in [-0.05, 0) is 87.6 Å². The number of H-pyrrole nitrogens is 1. The first-order valence-corrected chi connectivity index (χ1v) is 33.8. The molecule has 0 bridgehead atoms. The molecule has 1 aromatic heterocycles. The maximum Gasteiger partial charge on any atom is 0.254 e. The number of benzene rings is 2. The first-order valence-electron chi connectivity index (χ1n) is 33.8. The van der Waals surface area contributed by atoms with Crippen molar-refractivity contribution in [1.82, 2.24) is 66.0 Å². The smallest absolute Gasteiger partial charge is 0.254 e. The number of carbonyl (C=O) groups excluding carboxylic acids is 7. The first kappa shape index (κ1) is 80.1. The molecule has 17 N–H and O–H groups in total. The minimum Gasteiger partial charge on any atom is -0.394 e. The molecular weight excluding hydrogens is 1250 g/mol. The molecule has 1 saturated heterocycles. The van der Waals surface area contributed by atoms with Crippen LogP contribution in [-0.2, 0) is 41.9 Å². The van der Waals surface area contributed by atoms with E-state index in [0.29, 0.717) is 76.2 Å². The van der Waals surface area contributed by atoms with Crippen LogP contribution in [0.2, 0.25) is 0 Å². The maximum atomic E-state index is 14.6. The summed E-state index contributed by atoms with van der Waals surface area (Å²) in [6, 6.07) is 9.56. The molecule has 2 aromatic carbocycles. The van der Waals surface area contributed by atoms with Crippen molar-refractivity contribution in [3.8, 4) is 0 Å². The SMILES string of the molecule is CC[C@@H]1Nc2ccc(C(=O)N(C)Cc3nc4ccccc4[nH]3)cc2CN(CCCCCCNC(=O)[C@H](CCC(=O)NCC(O)[C@H](O)[C@@H](O)C(O)CO)NC(=O)[C@H](CCC(=O)NC[C@@H](O)[C@@H](O)[C@H](O)C(O)CO)NC(=O)CN2CCN(CC)CCN(CC)CCN(CC)CC2)C1=O. The van der Waals surface area contributed by atoms with Crippen LogP contribution in [0.5, 0.6) is 0 Å². The van der Waals surface area contributed by atoms with Gasteiger partial charge in [-0.1, -0.05) is 52.7 Å². The molecule has 0 aliphatic carbocycles. The molecule has 1 fully saturated rings. The lowest BCUT2D eigenvalue weighted by atomic mass is 10.0. The fourth-order valence-electron chi connectivity index (χ4n) is 11.4. The summed E-state index contributed by atoms with van der Waals surface area (Å²) in [5.74, 6) is -3.40. The van der Waals surface area contributed by atoms with Gasteiger partial charge >= 0.3 is 0 Å². The van der Waals surface area contributed by atoms with Crippen LogP contribution in [0.25, 0.3) is 11.0 Å². The zero-order valence-electron chi connectivity index (χ0n) is 56.4. The van der Waals surface area contributed by atoms with Gasteiger partial charge in [-0.2, -0.15) is 0 Å². The number of nitrogens with zero attached hydrogens (tertiary/aromatic N) is 7. The van der Waals surface area contributed by atoms with E-state index in [9.17, 15) is 84.6 Å². The molecule has 3 heterocycles. The summed E-state index contributed by atoms with van der Waals surface area (Å²) < 4.78 is 0. The highest BCUT2D eigenvalue weighted by Crippen LogP contribution is 2.27. The minimum absolute atomic E-state index is 0.0846. The van der Waals surface area contributed by atoms with E-state index in [1.807, 2.05) is 48.2 Å². The van der Waals surface area contributed by atoms with Crippen molar-refractivity contribution in [2.75, 3.05) is 130 Å². The van der Waals surface area contributed by atoms with Gasteiger partial charge in [0.25, 0.3) is 5.91 Å². The third-order valence-corrected chi connectivity index (χ3v) is 17.8. The van der Waals surface area contributed by atoms with Crippen LogP contribution in [0.4, 0.5) is 5.69 Å². The number of imidazole rings is 1. The average Bonchev–Trinajstić information content (AvgIpc) is 1.64. The van der Waals surface area contributed by atoms with Crippen LogP contribution >= 0.6 is 0 Å². The maximum absolute atomic E-state index is 14.6. The molecular formula is C65H108N14O17. The predicted octanol–water partition coefficient (Wildman–Crippen LogP) is -4.04. The Morgan fingerprint density at radius 3 is 1.65 bits per heavy atom. The molecule has 96 heavy (non-hydrogen) atoms. The number of carbonyl (C=O) groups is 7. The number of aromatic amines is 1. The monoisotopic (exact) mass is 1360 g/mol. The molecule has 0 radical (unpaired) electrons. The van der Waals surface area contributed by atoms with Gasteiger partial charge in [0.1, 0.15) is 60.6 Å². The van der Waals surface area contributed by atoms with Crippen LogP contribution in [-0.4, -0.2) is 324 Å². The Kier molecular flexibility index (Phi) is 34.7. The fraction of sp³-hybridized carbons (Fsp3) is 0.692. The van der Waals surface area contributed by atoms with Crippen molar-refractivity contribution >= 4 is 58.1 Å². The number of anilines is 1. The largest absolute Gasteiger partial charge is 0.394 e. The normalized spacial score (nSPS) is 18.9. The number of rotatable bonds is 38. The van der Waals surface area contributed by atoms with E-state index in [1.54, 1.807) is 22.9 Å². The van der Waals surface area contributed by atoms with Gasteiger partial charge in [0.15, 0.2) is 0 Å². The molecule has 2 aliphatic rings. The second-order valence-corrected chi connectivity index (χ2v) is 24.8. The number of nitrogens with one attached hydrogen (secondary N) is 7. The number of aliphatic hydroxyl groups is 10. The molecule has 540 valence electrons. The Hall–Kier alpha value is -6.56. The van der Waals surface area contributed by atoms with Gasteiger partial charge < -0.3 is 112 Å². The number of hydrogen-bond acceptors (Lipinski definition) is 23. The summed E-state index contributed by atoms with van der Waals surface area (Å²) in [5.41, 5.74) is 3.66. The number of fused-ring (bicyclic) bond motifs is 2. The van der Waals surface area contributed by atoms with E-state index in [1.165, 1.54) is 0 Å². The van der Waals surface area contributed by atoms with E-state index in [4.69, 9.17) is 0 Å². The van der Waals surface area contributed by atoms with E-state index in [2.05, 4.69) is 77.3 Å². The molecule has 0 spiro atoms. The number of likely N-dealkylation sites (N-methyl/N-ethyl adjacent to an activating group) is 3. The van der Waals surface area contributed by atoms with Crippen molar-refractivity contribution in [2.24, 2.45) is 0 Å². The Labute approximate surface area is 561 Å². The highest BCUT2D eigenvalue weighted by Gasteiger charge is 2.34. The lowest BCUT2D eigenvalue weighted by Crippen LogP contribution is -2.55. The summed E-state index contributed by atoms with van der Waals surface area (Å²) in [6.45, 7) is 14.1. The molecule has 0 saturated carbocycles. The van der Waals surface area contributed by atoms with E-state index in [-0.39, 0.29) is 50.8 Å². The highest BCUT2D eigenvalue weighted by molar-refractivity contribution is 5.96. The van der Waals surface area contributed by atoms with Crippen LogP contribution in [0.15, 0.2) is 42.5 Å². The molecule has 5 rings (SSSR count). The molecule has 3 unspecified atom stereocenters. The third kappa shape index (κ3) is 25.7. The van der Waals surface area contributed by atoms with Gasteiger partial charge in [-0.25, -0.2) is 4.98 Å². The van der Waals surface area contributed by atoms with E-state index < -0.39 is 136 Å². The lowest BCUT2D eigenvalue weighted by Gasteiger charge is -2.33. The average molecular weight is 1360 g/mol. The first-order chi connectivity index (χ1) is 45.9. The molecule has 7 amide bonds. The lowest BCUT2D eigenvalue weighted by molar-refractivity contribution is -0.133. The number of aromatic nitrogens is 2. The zero-order chi connectivity index (χ0) is 70.4. The van der Waals surface area contributed by atoms with Gasteiger partial charge in [0, 0.05) is 116 Å². The Morgan fingerprint density at radius 2 is 1.12 bits per heavy atom. The van der Waals surface area contributed by atoms with Crippen LogP contribution < -0.4 is 31.9 Å². The Balaban J connectivity index is 1.27. The number of aliphatic hydroxyl groups excluding tert-OH is 10. The quantitative estimate of drug-likeness (QED) is 0.0243. The fourth-order valence-corrected chi connectivity index (χ4v) is 11.4. The number of para-hydroxylation sites is 2. The minimum atomic E-state index is -1.98. The van der Waals surface area contributed by atoms with Gasteiger partial charge in [-0.15, -0.1) is 0 Å². The van der Waals surface area contributed by atoms with Gasteiger partial charge in [0.05, 0.1) is 49.5 Å². The van der Waals surface area contributed by atoms with Crippen molar-refractivity contribution in [1.29, 1.82) is 0 Å². The van der Waals surface area contributed by atoms with Gasteiger partial charge in [0.2, 0.25) is 35.4 Å². The van der Waals surface area contributed by atoms with Crippen LogP contribution in [0.1, 0.15) is 107 Å². The van der Waals surface area contributed by atoms with Gasteiger partial charge in [-0.3, -0.25) is 38.5 Å². The van der Waals surface area contributed by atoms with Crippen molar-refractivity contribution in [3.63, 3.8) is 0 Å². The number of unbranched alkanes of at least 4 members (excludes halogenated alkanes) is 3. The second kappa shape index (κ2) is 41.6. The van der Waals surface area contributed by atoms with E-state index >= 15 is 0 Å². The van der Waals surface area contributed by atoms with Crippen molar-refractivity contribution < 1.29 is 84.6 Å². The summed E-state index contributed by atoms with van der Waals surface area (Å²) in [7, 11) is 1.70. The molecule has 11 atom stereocenters. The molecule has 3 aromatic rings. The topological polar surface area (TPSA) is 442 Å². The Bertz CT molecular complexity index is 2840. The summed E-state index contributed by atoms with van der Waals surface area (Å²) >= 11 is 0. The Morgan fingerprint density at radius 1 is 0.615 bits per heavy atom.